The third kappa shape index (κ3) is 3.50. The number of nitrogens with zero attached hydrogens (tertiary/aromatic N) is 1. The van der Waals surface area contributed by atoms with Crippen molar-refractivity contribution in [3.8, 4) is 17.6 Å². The van der Waals surface area contributed by atoms with E-state index in [4.69, 9.17) is 10.00 Å². The van der Waals surface area contributed by atoms with Gasteiger partial charge in [0.05, 0.1) is 17.2 Å². The Morgan fingerprint density at radius 2 is 1.86 bits per heavy atom. The van der Waals surface area contributed by atoms with E-state index in [0.29, 0.717) is 5.75 Å². The smallest absolute Gasteiger partial charge is 0.417 e. The van der Waals surface area contributed by atoms with Crippen LogP contribution in [0.2, 0.25) is 0 Å². The molecule has 0 atom stereocenters. The molecule has 21 heavy (non-hydrogen) atoms. The lowest BCUT2D eigenvalue weighted by molar-refractivity contribution is -0.137. The molecule has 0 radical (unpaired) electrons. The van der Waals surface area contributed by atoms with Crippen LogP contribution in [0.1, 0.15) is 11.1 Å². The Hall–Kier alpha value is -2.13. The maximum atomic E-state index is 12.9. The van der Waals surface area contributed by atoms with Gasteiger partial charge >= 0.3 is 6.18 Å². The zero-order valence-corrected chi connectivity index (χ0v) is 11.8. The van der Waals surface area contributed by atoms with Crippen molar-refractivity contribution < 1.29 is 17.9 Å². The molecule has 108 valence electrons. The number of nitriles is 1. The number of alkyl halides is 3. The summed E-state index contributed by atoms with van der Waals surface area (Å²) in [7, 11) is 0. The number of para-hydroxylation sites is 1. The SMILES string of the molecule is CSc1ccccc1Oc1ccc(C#N)c(C(F)(F)F)c1. The molecule has 2 rings (SSSR count). The molecule has 0 fully saturated rings. The maximum Gasteiger partial charge on any atom is 0.417 e. The van der Waals surface area contributed by atoms with Gasteiger partial charge in [0.1, 0.15) is 11.5 Å². The summed E-state index contributed by atoms with van der Waals surface area (Å²) < 4.78 is 44.2. The largest absolute Gasteiger partial charge is 0.456 e. The van der Waals surface area contributed by atoms with Crippen LogP contribution in [0.15, 0.2) is 47.4 Å². The molecule has 0 N–H and O–H groups in total. The lowest BCUT2D eigenvalue weighted by Crippen LogP contribution is -2.07. The molecule has 0 unspecified atom stereocenters. The van der Waals surface area contributed by atoms with Crippen LogP contribution in [0.3, 0.4) is 0 Å². The highest BCUT2D eigenvalue weighted by atomic mass is 32.2. The highest BCUT2D eigenvalue weighted by molar-refractivity contribution is 7.98. The number of ether oxygens (including phenoxy) is 1. The summed E-state index contributed by atoms with van der Waals surface area (Å²) in [6.07, 6.45) is -2.74. The second-order valence-corrected chi connectivity index (χ2v) is 4.92. The summed E-state index contributed by atoms with van der Waals surface area (Å²) in [6.45, 7) is 0. The summed E-state index contributed by atoms with van der Waals surface area (Å²) in [5.74, 6) is 0.519. The van der Waals surface area contributed by atoms with Gasteiger partial charge in [-0.05, 0) is 36.6 Å². The number of rotatable bonds is 3. The first-order chi connectivity index (χ1) is 9.95. The number of hydrogen-bond donors (Lipinski definition) is 0. The lowest BCUT2D eigenvalue weighted by atomic mass is 10.1. The first kappa shape index (κ1) is 15.3. The number of benzene rings is 2. The van der Waals surface area contributed by atoms with Crippen molar-refractivity contribution in [2.45, 2.75) is 11.1 Å². The Morgan fingerprint density at radius 3 is 2.48 bits per heavy atom. The monoisotopic (exact) mass is 309 g/mol. The molecule has 0 aromatic heterocycles. The third-order valence-corrected chi connectivity index (χ3v) is 3.49. The molecule has 0 bridgehead atoms. The highest BCUT2D eigenvalue weighted by Crippen LogP contribution is 2.36. The molecular weight excluding hydrogens is 299 g/mol. The van der Waals surface area contributed by atoms with Crippen LogP contribution in [0.5, 0.6) is 11.5 Å². The van der Waals surface area contributed by atoms with Crippen LogP contribution < -0.4 is 4.74 Å². The Labute approximate surface area is 124 Å². The van der Waals surface area contributed by atoms with Crippen molar-refractivity contribution in [2.75, 3.05) is 6.26 Å². The minimum absolute atomic E-state index is 0.0443. The topological polar surface area (TPSA) is 33.0 Å². The Bertz CT molecular complexity index is 692. The molecule has 0 aliphatic heterocycles. The van der Waals surface area contributed by atoms with Crippen LogP contribution in [0.25, 0.3) is 0 Å². The molecular formula is C15H10F3NOS. The van der Waals surface area contributed by atoms with Gasteiger partial charge in [-0.1, -0.05) is 12.1 Å². The summed E-state index contributed by atoms with van der Waals surface area (Å²) in [5, 5.41) is 8.75. The van der Waals surface area contributed by atoms with Gasteiger partial charge in [-0.2, -0.15) is 18.4 Å². The fourth-order valence-corrected chi connectivity index (χ4v) is 2.27. The van der Waals surface area contributed by atoms with Gasteiger partial charge in [-0.15, -0.1) is 11.8 Å². The third-order valence-electron chi connectivity index (χ3n) is 2.71. The van der Waals surface area contributed by atoms with Crippen molar-refractivity contribution in [1.29, 1.82) is 5.26 Å². The van der Waals surface area contributed by atoms with Crippen LogP contribution in [-0.4, -0.2) is 6.26 Å². The molecule has 0 saturated heterocycles. The predicted octanol–water partition coefficient (Wildman–Crippen LogP) is 5.09. The fraction of sp³-hybridized carbons (Fsp3) is 0.133. The zero-order valence-electron chi connectivity index (χ0n) is 10.9. The second kappa shape index (κ2) is 6.10. The molecule has 2 nitrogen and oxygen atoms in total. The van der Waals surface area contributed by atoms with E-state index >= 15 is 0 Å². The zero-order chi connectivity index (χ0) is 15.5. The maximum absolute atomic E-state index is 12.9. The van der Waals surface area contributed by atoms with Gasteiger partial charge in [-0.25, -0.2) is 0 Å². The number of halogens is 3. The Kier molecular flexibility index (Phi) is 4.43. The summed E-state index contributed by atoms with van der Waals surface area (Å²) in [6, 6.07) is 11.9. The van der Waals surface area contributed by atoms with Gasteiger partial charge in [0.2, 0.25) is 0 Å². The van der Waals surface area contributed by atoms with E-state index in [9.17, 15) is 13.2 Å². The molecule has 0 spiro atoms. The van der Waals surface area contributed by atoms with Gasteiger partial charge in [0.25, 0.3) is 0 Å². The molecule has 0 saturated carbocycles. The van der Waals surface area contributed by atoms with Crippen molar-refractivity contribution >= 4 is 11.8 Å². The molecule has 2 aromatic carbocycles. The minimum Gasteiger partial charge on any atom is -0.456 e. The lowest BCUT2D eigenvalue weighted by Gasteiger charge is -2.13. The van der Waals surface area contributed by atoms with E-state index in [1.807, 2.05) is 18.4 Å². The average Bonchev–Trinajstić information content (AvgIpc) is 2.47. The van der Waals surface area contributed by atoms with Crippen LogP contribution >= 0.6 is 11.8 Å². The Morgan fingerprint density at radius 1 is 1.14 bits per heavy atom. The van der Waals surface area contributed by atoms with Crippen molar-refractivity contribution in [3.63, 3.8) is 0 Å². The van der Waals surface area contributed by atoms with Gasteiger partial charge in [-0.3, -0.25) is 0 Å². The van der Waals surface area contributed by atoms with Gasteiger partial charge in [0.15, 0.2) is 0 Å². The van der Waals surface area contributed by atoms with E-state index < -0.39 is 17.3 Å². The summed E-state index contributed by atoms with van der Waals surface area (Å²) in [5.41, 5.74) is -1.42. The van der Waals surface area contributed by atoms with E-state index in [-0.39, 0.29) is 5.75 Å². The predicted molar refractivity (Wildman–Crippen MR) is 74.5 cm³/mol. The van der Waals surface area contributed by atoms with Crippen molar-refractivity contribution in [1.82, 2.24) is 0 Å². The normalized spacial score (nSPS) is 11.0. The van der Waals surface area contributed by atoms with Crippen LogP contribution in [-0.2, 0) is 6.18 Å². The molecule has 2 aromatic rings. The molecule has 0 heterocycles. The van der Waals surface area contributed by atoms with Gasteiger partial charge < -0.3 is 4.74 Å². The van der Waals surface area contributed by atoms with Crippen molar-refractivity contribution in [3.05, 3.63) is 53.6 Å². The average molecular weight is 309 g/mol. The first-order valence-electron chi connectivity index (χ1n) is 5.88. The van der Waals surface area contributed by atoms with E-state index in [1.165, 1.54) is 23.9 Å². The molecule has 0 aliphatic rings. The summed E-state index contributed by atoms with van der Waals surface area (Å²) >= 11 is 1.43. The number of hydrogen-bond acceptors (Lipinski definition) is 3. The Balaban J connectivity index is 2.40. The van der Waals surface area contributed by atoms with Crippen molar-refractivity contribution in [2.24, 2.45) is 0 Å². The quantitative estimate of drug-likeness (QED) is 0.740. The molecule has 0 aliphatic carbocycles. The second-order valence-electron chi connectivity index (χ2n) is 4.07. The van der Waals surface area contributed by atoms with E-state index in [1.54, 1.807) is 12.1 Å². The summed E-state index contributed by atoms with van der Waals surface area (Å²) in [4.78, 5) is 0.815. The van der Waals surface area contributed by atoms with E-state index in [0.717, 1.165) is 17.0 Å². The van der Waals surface area contributed by atoms with E-state index in [2.05, 4.69) is 0 Å². The highest BCUT2D eigenvalue weighted by Gasteiger charge is 2.34. The molecule has 0 amide bonds. The molecule has 6 heteroatoms. The number of thioether (sulfide) groups is 1. The van der Waals surface area contributed by atoms with Crippen LogP contribution in [0, 0.1) is 11.3 Å². The standard InChI is InChI=1S/C15H10F3NOS/c1-21-14-5-3-2-4-13(14)20-11-7-6-10(9-19)12(8-11)15(16,17)18/h2-8H,1H3. The van der Waals surface area contributed by atoms with Crippen LogP contribution in [0.4, 0.5) is 13.2 Å². The fourth-order valence-electron chi connectivity index (χ4n) is 1.75. The minimum atomic E-state index is -4.59. The first-order valence-corrected chi connectivity index (χ1v) is 7.10. The van der Waals surface area contributed by atoms with Gasteiger partial charge in [0, 0.05) is 4.90 Å².